The summed E-state index contributed by atoms with van der Waals surface area (Å²) >= 11 is 0. The van der Waals surface area contributed by atoms with Crippen LogP contribution in [-0.2, 0) is 11.3 Å². The van der Waals surface area contributed by atoms with Gasteiger partial charge in [0.05, 0.1) is 6.08 Å². The largest absolute Gasteiger partial charge is 0.398 e. The number of hydrogen-bond donors (Lipinski definition) is 0. The van der Waals surface area contributed by atoms with Crippen LogP contribution in [-0.4, -0.2) is 5.91 Å². The fourth-order valence-electron chi connectivity index (χ4n) is 2.60. The second-order valence-electron chi connectivity index (χ2n) is 5.19. The first kappa shape index (κ1) is 15.0. The summed E-state index contributed by atoms with van der Waals surface area (Å²) in [5.74, 6) is 0.669. The van der Waals surface area contributed by atoms with Crippen molar-refractivity contribution in [1.82, 2.24) is 0 Å². The van der Waals surface area contributed by atoms with Crippen LogP contribution in [0.4, 0.5) is 5.69 Å². The van der Waals surface area contributed by atoms with E-state index in [9.17, 15) is 4.79 Å². The van der Waals surface area contributed by atoms with Crippen LogP contribution >= 0.6 is 0 Å². The van der Waals surface area contributed by atoms with Gasteiger partial charge in [-0.25, -0.2) is 0 Å². The number of para-hydroxylation sites is 3. The van der Waals surface area contributed by atoms with E-state index in [2.05, 4.69) is 11.5 Å². The summed E-state index contributed by atoms with van der Waals surface area (Å²) in [6.45, 7) is 4.41. The zero-order chi connectivity index (χ0) is 16.2. The molecule has 1 amide bonds. The third-order valence-electron chi connectivity index (χ3n) is 3.69. The molecule has 4 heteroatoms. The molecule has 4 nitrogen and oxygen atoms in total. The van der Waals surface area contributed by atoms with Gasteiger partial charge in [0.2, 0.25) is 11.5 Å². The Hall–Kier alpha value is -2.88. The van der Waals surface area contributed by atoms with Crippen molar-refractivity contribution in [2.24, 2.45) is 0 Å². The number of amides is 1. The van der Waals surface area contributed by atoms with Crippen molar-refractivity contribution in [3.05, 3.63) is 66.7 Å². The van der Waals surface area contributed by atoms with Crippen molar-refractivity contribution in [3.63, 3.8) is 0 Å². The molecule has 1 aromatic heterocycles. The minimum atomic E-state index is -0.0494. The summed E-state index contributed by atoms with van der Waals surface area (Å²) in [7, 11) is 0. The summed E-state index contributed by atoms with van der Waals surface area (Å²) < 4.78 is 7.97. The van der Waals surface area contributed by atoms with Gasteiger partial charge in [0.1, 0.15) is 6.54 Å². The molecule has 0 bridgehead atoms. The van der Waals surface area contributed by atoms with Crippen molar-refractivity contribution in [3.8, 4) is 0 Å². The molecule has 0 fully saturated rings. The average Bonchev–Trinajstić information content (AvgIpc) is 2.93. The second kappa shape index (κ2) is 6.48. The van der Waals surface area contributed by atoms with Gasteiger partial charge in [-0.3, -0.25) is 9.69 Å². The van der Waals surface area contributed by atoms with Crippen LogP contribution < -0.4 is 9.47 Å². The van der Waals surface area contributed by atoms with Crippen LogP contribution in [0, 0.1) is 0 Å². The highest BCUT2D eigenvalue weighted by molar-refractivity contribution is 5.94. The lowest BCUT2D eigenvalue weighted by Gasteiger charge is -2.15. The Kier molecular flexibility index (Phi) is 4.24. The quantitative estimate of drug-likeness (QED) is 0.688. The number of benzene rings is 2. The van der Waals surface area contributed by atoms with E-state index >= 15 is 0 Å². The van der Waals surface area contributed by atoms with Crippen molar-refractivity contribution in [2.45, 2.75) is 20.4 Å². The van der Waals surface area contributed by atoms with Gasteiger partial charge in [-0.1, -0.05) is 30.3 Å². The van der Waals surface area contributed by atoms with Crippen LogP contribution in [0.5, 0.6) is 0 Å². The Morgan fingerprint density at radius 2 is 1.83 bits per heavy atom. The third-order valence-corrected chi connectivity index (χ3v) is 3.69. The molecule has 0 radical (unpaired) electrons. The average molecular weight is 307 g/mol. The summed E-state index contributed by atoms with van der Waals surface area (Å²) in [5, 5.41) is 0. The molecule has 0 aliphatic heterocycles. The molecular weight excluding hydrogens is 288 g/mol. The monoisotopic (exact) mass is 307 g/mol. The maximum atomic E-state index is 11.9. The number of oxazole rings is 1. The first-order valence-corrected chi connectivity index (χ1v) is 7.65. The predicted molar refractivity (Wildman–Crippen MR) is 90.7 cm³/mol. The number of fused-ring (bicyclic) bond motifs is 1. The summed E-state index contributed by atoms with van der Waals surface area (Å²) in [4.78, 5) is 13.5. The molecule has 0 N–H and O–H groups in total. The third kappa shape index (κ3) is 3.01. The van der Waals surface area contributed by atoms with E-state index in [-0.39, 0.29) is 5.91 Å². The fourth-order valence-corrected chi connectivity index (χ4v) is 2.60. The maximum Gasteiger partial charge on any atom is 0.375 e. The van der Waals surface area contributed by atoms with Gasteiger partial charge in [-0.2, -0.15) is 4.57 Å². The predicted octanol–water partition coefficient (Wildman–Crippen LogP) is 3.76. The van der Waals surface area contributed by atoms with Crippen LogP contribution in [0.25, 0.3) is 17.2 Å². The lowest BCUT2D eigenvalue weighted by Crippen LogP contribution is -2.34. The molecule has 0 aliphatic rings. The number of anilines is 1. The molecule has 2 aromatic carbocycles. The number of carbonyl (C=O) groups excluding carboxylic acids is 1. The van der Waals surface area contributed by atoms with E-state index in [1.807, 2.05) is 60.7 Å². The van der Waals surface area contributed by atoms with Gasteiger partial charge in [-0.05, 0) is 25.1 Å². The van der Waals surface area contributed by atoms with Gasteiger partial charge < -0.3 is 4.42 Å². The van der Waals surface area contributed by atoms with Crippen molar-refractivity contribution in [2.75, 3.05) is 4.90 Å². The molecule has 116 valence electrons. The highest BCUT2D eigenvalue weighted by Gasteiger charge is 2.19. The van der Waals surface area contributed by atoms with Crippen molar-refractivity contribution in [1.29, 1.82) is 0 Å². The highest BCUT2D eigenvalue weighted by atomic mass is 16.3. The molecule has 3 rings (SSSR count). The topological polar surface area (TPSA) is 37.3 Å². The zero-order valence-electron chi connectivity index (χ0n) is 13.3. The molecule has 0 spiro atoms. The lowest BCUT2D eigenvalue weighted by atomic mass is 10.3. The second-order valence-corrected chi connectivity index (χ2v) is 5.19. The highest BCUT2D eigenvalue weighted by Crippen LogP contribution is 2.17. The normalized spacial score (nSPS) is 11.2. The van der Waals surface area contributed by atoms with Crippen LogP contribution in [0.1, 0.15) is 19.7 Å². The van der Waals surface area contributed by atoms with E-state index in [4.69, 9.17) is 4.42 Å². The maximum absolute atomic E-state index is 11.9. The van der Waals surface area contributed by atoms with Gasteiger partial charge in [0.25, 0.3) is 5.52 Å². The minimum Gasteiger partial charge on any atom is -0.398 e. The van der Waals surface area contributed by atoms with E-state index in [0.29, 0.717) is 0 Å². The first-order valence-electron chi connectivity index (χ1n) is 7.65. The molecule has 1 heterocycles. The standard InChI is InChI=1S/C19H19N2O2/c1-3-20-17-11-7-8-12-18(17)23-19(20)13-14-21(15(2)22)16-9-5-4-6-10-16/h4-14H,3H2,1-2H3/q+1. The molecule has 0 saturated heterocycles. The Labute approximate surface area is 135 Å². The van der Waals surface area contributed by atoms with Crippen LogP contribution in [0.3, 0.4) is 0 Å². The smallest absolute Gasteiger partial charge is 0.375 e. The van der Waals surface area contributed by atoms with E-state index < -0.39 is 0 Å². The number of carbonyl (C=O) groups is 1. The number of nitrogens with zero attached hydrogens (tertiary/aromatic N) is 2. The summed E-state index contributed by atoms with van der Waals surface area (Å²) in [5.41, 5.74) is 2.71. The molecule has 0 unspecified atom stereocenters. The lowest BCUT2D eigenvalue weighted by molar-refractivity contribution is -0.674. The Balaban J connectivity index is 1.99. The SMILES string of the molecule is CC[n+]1c(/C=C/N(C(C)=O)c2ccccc2)oc2ccccc21. The van der Waals surface area contributed by atoms with Crippen molar-refractivity contribution >= 4 is 28.8 Å². The molecule has 23 heavy (non-hydrogen) atoms. The van der Waals surface area contributed by atoms with Gasteiger partial charge >= 0.3 is 5.89 Å². The molecule has 0 saturated carbocycles. The summed E-state index contributed by atoms with van der Waals surface area (Å²) in [6.07, 6.45) is 3.58. The number of rotatable bonds is 4. The number of aryl methyl sites for hydroxylation is 1. The molecule has 0 aliphatic carbocycles. The van der Waals surface area contributed by atoms with Crippen molar-refractivity contribution < 1.29 is 13.8 Å². The minimum absolute atomic E-state index is 0.0494. The molecular formula is C19H19N2O2+. The van der Waals surface area contributed by atoms with Crippen LogP contribution in [0.15, 0.2) is 65.2 Å². The number of hydrogen-bond acceptors (Lipinski definition) is 2. The molecule has 0 atom stereocenters. The van der Waals surface area contributed by atoms with E-state index in [1.54, 1.807) is 18.0 Å². The number of aromatic nitrogens is 1. The van der Waals surface area contributed by atoms with Gasteiger partial charge in [-0.15, -0.1) is 0 Å². The Morgan fingerprint density at radius 1 is 1.13 bits per heavy atom. The van der Waals surface area contributed by atoms with Gasteiger partial charge in [0, 0.05) is 24.9 Å². The zero-order valence-corrected chi connectivity index (χ0v) is 13.3. The first-order chi connectivity index (χ1) is 11.2. The molecule has 3 aromatic rings. The fraction of sp³-hybridized carbons (Fsp3) is 0.158. The summed E-state index contributed by atoms with van der Waals surface area (Å²) in [6, 6.07) is 17.5. The Bertz CT molecular complexity index is 850. The van der Waals surface area contributed by atoms with Gasteiger partial charge in [0.15, 0.2) is 0 Å². The van der Waals surface area contributed by atoms with E-state index in [0.717, 1.165) is 29.2 Å². The van der Waals surface area contributed by atoms with E-state index in [1.165, 1.54) is 0 Å². The Morgan fingerprint density at radius 3 is 2.52 bits per heavy atom. The van der Waals surface area contributed by atoms with Crippen LogP contribution in [0.2, 0.25) is 0 Å².